The van der Waals surface area contributed by atoms with Gasteiger partial charge in [0.2, 0.25) is 0 Å². The fraction of sp³-hybridized carbons (Fsp3) is 0.128. The van der Waals surface area contributed by atoms with Crippen LogP contribution in [0.1, 0.15) is 11.1 Å². The smallest absolute Gasteiger partial charge is 0.744 e. The molecule has 0 aliphatic rings. The van der Waals surface area contributed by atoms with Gasteiger partial charge in [0.05, 0.1) is 57.7 Å². The molecule has 0 spiro atoms. The molecule has 6 rings (SSSR count). The van der Waals surface area contributed by atoms with E-state index in [0.717, 1.165) is 66.5 Å². The third-order valence-electron chi connectivity index (χ3n) is 8.98. The normalized spacial score (nSPS) is 12.4. The van der Waals surface area contributed by atoms with Crippen molar-refractivity contribution >= 4 is 96.9 Å². The van der Waals surface area contributed by atoms with Crippen LogP contribution in [0.4, 0.5) is 22.7 Å². The number of azo groups is 2. The zero-order valence-corrected chi connectivity index (χ0v) is 40.1. The Balaban J connectivity index is 0.00000106. The van der Waals surface area contributed by atoms with E-state index in [2.05, 4.69) is 20.5 Å². The Bertz CT molecular complexity index is 3100. The summed E-state index contributed by atoms with van der Waals surface area (Å²) in [5, 5.41) is 53.4. The molecule has 0 fully saturated rings. The van der Waals surface area contributed by atoms with Gasteiger partial charge in [0.1, 0.15) is 59.8 Å². The molecule has 6 N–H and O–H groups in total. The van der Waals surface area contributed by atoms with E-state index in [4.69, 9.17) is 10.2 Å². The van der Waals surface area contributed by atoms with Crippen LogP contribution in [0.3, 0.4) is 0 Å². The zero-order valence-electron chi connectivity index (χ0n) is 34.9. The Morgan fingerprint density at radius 1 is 0.530 bits per heavy atom. The summed E-state index contributed by atoms with van der Waals surface area (Å²) >= 11 is 0. The van der Waals surface area contributed by atoms with Crippen LogP contribution in [0.25, 0.3) is 33.7 Å². The van der Waals surface area contributed by atoms with E-state index < -0.39 is 71.6 Å². The van der Waals surface area contributed by atoms with Crippen molar-refractivity contribution in [2.75, 3.05) is 33.4 Å². The molecule has 0 atom stereocenters. The average Bonchev–Trinajstić information content (AvgIpc) is 3.20. The van der Waals surface area contributed by atoms with Crippen molar-refractivity contribution in [1.29, 1.82) is 0 Å². The minimum atomic E-state index is -5.17. The molecule has 6 aromatic rings. The van der Waals surface area contributed by atoms with Crippen molar-refractivity contribution in [2.45, 2.75) is 19.6 Å². The Labute approximate surface area is 412 Å². The summed E-state index contributed by atoms with van der Waals surface area (Å²) in [5.74, 6) is -0.939. The van der Waals surface area contributed by atoms with Gasteiger partial charge in [0.25, 0.3) is 10.1 Å². The van der Waals surface area contributed by atoms with Crippen LogP contribution in [0.15, 0.2) is 137 Å². The van der Waals surface area contributed by atoms with Gasteiger partial charge in [-0.15, -0.1) is 0 Å². The summed E-state index contributed by atoms with van der Waals surface area (Å²) in [4.78, 5) is -1.66. The first-order valence-electron chi connectivity index (χ1n) is 18.1. The molecule has 6 aromatic carbocycles. The number of phenolic OH excluding ortho intramolecular Hbond substituents is 2. The van der Waals surface area contributed by atoms with Crippen LogP contribution in [0, 0.1) is 0 Å². The van der Waals surface area contributed by atoms with Crippen molar-refractivity contribution in [2.24, 2.45) is 20.5 Å². The number of likely N-dealkylation sites (N-methyl/N-ethyl adjacent to an activating group) is 1. The Morgan fingerprint density at radius 3 is 1.23 bits per heavy atom. The van der Waals surface area contributed by atoms with Gasteiger partial charge in [0.15, 0.2) is 0 Å². The van der Waals surface area contributed by atoms with Gasteiger partial charge < -0.3 is 39.0 Å². The van der Waals surface area contributed by atoms with Gasteiger partial charge in [-0.2, -0.15) is 28.9 Å². The second-order valence-electron chi connectivity index (χ2n) is 13.6. The number of hydrogen-bond acceptors (Lipinski definition) is 19. The van der Waals surface area contributed by atoms with Crippen LogP contribution < -0.4 is 53.3 Å². The monoisotopic (exact) mass is 987 g/mol. The third kappa shape index (κ3) is 15.0. The topological polar surface area (TPSA) is 361 Å². The predicted molar refractivity (Wildman–Crippen MR) is 226 cm³/mol. The summed E-state index contributed by atoms with van der Waals surface area (Å²) < 4.78 is 140. The number of rotatable bonds is 14. The summed E-state index contributed by atoms with van der Waals surface area (Å²) in [6.07, 6.45) is 2.20. The Morgan fingerprint density at radius 2 is 0.879 bits per heavy atom. The van der Waals surface area contributed by atoms with E-state index in [9.17, 15) is 62.1 Å². The maximum Gasteiger partial charge on any atom is 1.00 e. The number of nitrogens with one attached hydrogen (secondary N) is 1. The SMILES string of the molecule is C[NH+](CCO)CCO.O=S(=O)([O-])c1cc(O)c2ccc(N=Nc3ccc(/C=C/c4ccc(N=Nc5ccc6c(O)cc(S(=O)(=O)[O-])cc6c5)cc4S(=O)(=O)O)c(S(=O)(=O)[O-])c3)cc2c1.[Li+].[Na+]. The third-order valence-corrected chi connectivity index (χ3v) is 12.4. The minimum Gasteiger partial charge on any atom is -0.744 e. The molecule has 0 bridgehead atoms. The number of aliphatic hydroxyl groups excluding tert-OH is 2. The van der Waals surface area contributed by atoms with Crippen molar-refractivity contribution in [3.8, 4) is 11.5 Å². The van der Waals surface area contributed by atoms with Gasteiger partial charge >= 0.3 is 48.4 Å². The van der Waals surface area contributed by atoms with Crippen LogP contribution in [-0.4, -0.2) is 106 Å². The Hall–Kier alpha value is -4.50. The number of hydrogen-bond donors (Lipinski definition) is 6. The molecule has 338 valence electrons. The standard InChI is InChI=1S/C34H24N4O14S4.C5H13NO2.Li.Na/c39-31-17-27(53(41,42)43)13-21-11-23(7-9-29(21)31)35-37-25-5-3-19(33(15-25)55(47,48)49)1-2-20-4-6-26(16-34(20)56(50,51)52)38-36-24-8-10-30-22(12-24)14-28(18-32(30)40)54(44,45)46;1-6(2-4-7)3-5-8;;/h1-18,39-40H,(H,41,42,43)(H,44,45,46)(H,47,48,49)(H,50,51,52);7-8H,2-5H2,1H3;;/q;;2*+1/p-2/b2-1+,37-35?,38-36?;;;. The number of fused-ring (bicyclic) bond motifs is 2. The van der Waals surface area contributed by atoms with E-state index in [-0.39, 0.29) is 117 Å². The van der Waals surface area contributed by atoms with Crippen molar-refractivity contribution in [3.05, 3.63) is 108 Å². The van der Waals surface area contributed by atoms with Gasteiger partial charge in [-0.3, -0.25) is 4.55 Å². The predicted octanol–water partition coefficient (Wildman–Crippen LogP) is -2.14. The van der Waals surface area contributed by atoms with E-state index in [1.54, 1.807) is 0 Å². The number of nitrogens with zero attached hydrogens (tertiary/aromatic N) is 4. The average molecular weight is 988 g/mol. The summed E-state index contributed by atoms with van der Waals surface area (Å²) in [6.45, 7) is 1.85. The maximum absolute atomic E-state index is 12.3. The molecule has 0 unspecified atom stereocenters. The summed E-state index contributed by atoms with van der Waals surface area (Å²) in [7, 11) is -18.0. The number of aromatic hydroxyl groups is 2. The molecule has 0 aliphatic heterocycles. The van der Waals surface area contributed by atoms with Crippen LogP contribution in [0.2, 0.25) is 0 Å². The first-order chi connectivity index (χ1) is 29.9. The molecule has 0 radical (unpaired) electrons. The molecule has 0 amide bonds. The van der Waals surface area contributed by atoms with Crippen LogP contribution in [0.5, 0.6) is 11.5 Å². The molecular weight excluding hydrogens is 953 g/mol. The minimum absolute atomic E-state index is 0. The van der Waals surface area contributed by atoms with Gasteiger partial charge in [-0.25, -0.2) is 25.3 Å². The fourth-order valence-electron chi connectivity index (χ4n) is 5.84. The van der Waals surface area contributed by atoms with Crippen molar-refractivity contribution in [3.63, 3.8) is 0 Å². The maximum atomic E-state index is 12.3. The molecule has 0 aliphatic carbocycles. The number of phenols is 2. The van der Waals surface area contributed by atoms with Gasteiger partial charge in [-0.1, -0.05) is 24.3 Å². The van der Waals surface area contributed by atoms with Crippen molar-refractivity contribution in [1.82, 2.24) is 0 Å². The van der Waals surface area contributed by atoms with Crippen LogP contribution >= 0.6 is 0 Å². The molecule has 27 heteroatoms. The zero-order chi connectivity index (χ0) is 47.2. The quantitative estimate of drug-likeness (QED) is 0.0293. The van der Waals surface area contributed by atoms with E-state index >= 15 is 0 Å². The molecule has 21 nitrogen and oxygen atoms in total. The number of quaternary nitrogens is 1. The van der Waals surface area contributed by atoms with Gasteiger partial charge in [-0.05, 0) is 107 Å². The van der Waals surface area contributed by atoms with Crippen LogP contribution in [-0.2, 0) is 40.5 Å². The second kappa shape index (κ2) is 23.0. The molecule has 0 heterocycles. The Kier molecular flexibility index (Phi) is 19.5. The first kappa shape index (κ1) is 55.8. The molecular formula is C39H35LiN5NaO16S4. The molecule has 0 aromatic heterocycles. The van der Waals surface area contributed by atoms with E-state index in [0.29, 0.717) is 0 Å². The first-order valence-corrected chi connectivity index (χ1v) is 23.8. The molecule has 66 heavy (non-hydrogen) atoms. The molecule has 0 saturated carbocycles. The van der Waals surface area contributed by atoms with E-state index in [1.165, 1.54) is 60.7 Å². The number of aliphatic hydroxyl groups is 2. The van der Waals surface area contributed by atoms with Crippen molar-refractivity contribution < 1.29 is 126 Å². The second-order valence-corrected chi connectivity index (χ2v) is 19.1. The van der Waals surface area contributed by atoms with Gasteiger partial charge in [0, 0.05) is 10.8 Å². The fourth-order valence-corrected chi connectivity index (χ4v) is 8.28. The number of benzene rings is 6. The summed E-state index contributed by atoms with van der Waals surface area (Å²) in [6, 6.07) is 18.6. The van der Waals surface area contributed by atoms with E-state index in [1.807, 2.05) is 7.05 Å². The largest absolute Gasteiger partial charge is 1.00 e. The molecule has 0 saturated heterocycles. The summed E-state index contributed by atoms with van der Waals surface area (Å²) in [5.41, 5.74) is -0.376.